The fourth-order valence-corrected chi connectivity index (χ4v) is 1.45. The summed E-state index contributed by atoms with van der Waals surface area (Å²) in [5, 5.41) is 17.6. The predicted octanol–water partition coefficient (Wildman–Crippen LogP) is 1.67. The van der Waals surface area contributed by atoms with Crippen molar-refractivity contribution in [3.63, 3.8) is 0 Å². The number of nitrogens with zero attached hydrogens (tertiary/aromatic N) is 4. The maximum atomic E-state index is 9.39. The summed E-state index contributed by atoms with van der Waals surface area (Å²) < 4.78 is 6.85. The third kappa shape index (κ3) is 2.76. The molecule has 2 rings (SSSR count). The second-order valence-electron chi connectivity index (χ2n) is 5.38. The van der Waals surface area contributed by atoms with Crippen LogP contribution >= 0.6 is 0 Å². The summed E-state index contributed by atoms with van der Waals surface area (Å²) in [4.78, 5) is 4.33. The number of aliphatic hydroxyl groups is 1. The summed E-state index contributed by atoms with van der Waals surface area (Å²) in [6.07, 6.45) is 1.21. The first-order valence-electron chi connectivity index (χ1n) is 5.91. The van der Waals surface area contributed by atoms with Gasteiger partial charge in [0.05, 0.1) is 11.8 Å². The maximum absolute atomic E-state index is 9.39. The van der Waals surface area contributed by atoms with Crippen LogP contribution in [0.5, 0.6) is 0 Å². The zero-order valence-corrected chi connectivity index (χ0v) is 11.1. The molecule has 98 valence electrons. The summed E-state index contributed by atoms with van der Waals surface area (Å²) in [5.74, 6) is 1.19. The first-order valence-corrected chi connectivity index (χ1v) is 5.91. The molecule has 1 N–H and O–H groups in total. The lowest BCUT2D eigenvalue weighted by Crippen LogP contribution is -2.13. The zero-order chi connectivity index (χ0) is 13.3. The van der Waals surface area contributed by atoms with E-state index in [1.54, 1.807) is 23.9 Å². The Morgan fingerprint density at radius 3 is 2.67 bits per heavy atom. The van der Waals surface area contributed by atoms with Crippen molar-refractivity contribution in [2.45, 2.75) is 45.8 Å². The third-order valence-electron chi connectivity index (χ3n) is 2.53. The van der Waals surface area contributed by atoms with Crippen molar-refractivity contribution in [3.05, 3.63) is 29.7 Å². The summed E-state index contributed by atoms with van der Waals surface area (Å²) in [6, 6.07) is 1.77. The third-order valence-corrected chi connectivity index (χ3v) is 2.53. The molecule has 0 radical (unpaired) electrons. The van der Waals surface area contributed by atoms with Gasteiger partial charge >= 0.3 is 0 Å². The van der Waals surface area contributed by atoms with Gasteiger partial charge in [0.2, 0.25) is 5.89 Å². The van der Waals surface area contributed by atoms with E-state index in [1.165, 1.54) is 0 Å². The predicted molar refractivity (Wildman–Crippen MR) is 65.0 cm³/mol. The molecule has 2 aromatic rings. The lowest BCUT2D eigenvalue weighted by Gasteiger charge is -2.10. The van der Waals surface area contributed by atoms with Crippen LogP contribution in [0.25, 0.3) is 0 Å². The molecule has 0 aromatic carbocycles. The van der Waals surface area contributed by atoms with Crippen LogP contribution in [-0.2, 0) is 12.0 Å². The minimum atomic E-state index is -0.570. The van der Waals surface area contributed by atoms with Crippen molar-refractivity contribution in [2.24, 2.45) is 0 Å². The highest BCUT2D eigenvalue weighted by Crippen LogP contribution is 2.18. The number of aliphatic hydroxyl groups excluding tert-OH is 1. The van der Waals surface area contributed by atoms with Crippen molar-refractivity contribution in [1.82, 2.24) is 19.9 Å². The van der Waals surface area contributed by atoms with Crippen molar-refractivity contribution in [2.75, 3.05) is 0 Å². The highest BCUT2D eigenvalue weighted by atomic mass is 16.5. The number of hydrogen-bond donors (Lipinski definition) is 1. The minimum absolute atomic E-state index is 0.128. The summed E-state index contributed by atoms with van der Waals surface area (Å²) in [5.41, 5.74) is 0.502. The summed E-state index contributed by atoms with van der Waals surface area (Å²) in [6.45, 7) is 8.18. The largest absolute Gasteiger partial charge is 0.387 e. The first-order chi connectivity index (χ1) is 8.36. The van der Waals surface area contributed by atoms with Gasteiger partial charge in [0, 0.05) is 11.6 Å². The number of hydrogen-bond acceptors (Lipinski definition) is 5. The zero-order valence-electron chi connectivity index (χ0n) is 11.1. The topological polar surface area (TPSA) is 77.0 Å². The first kappa shape index (κ1) is 12.8. The van der Waals surface area contributed by atoms with Crippen LogP contribution in [-0.4, -0.2) is 25.0 Å². The van der Waals surface area contributed by atoms with E-state index in [0.717, 1.165) is 0 Å². The Bertz CT molecular complexity index is 522. The molecule has 0 aliphatic rings. The van der Waals surface area contributed by atoms with Gasteiger partial charge in [-0.3, -0.25) is 4.68 Å². The van der Waals surface area contributed by atoms with E-state index in [2.05, 4.69) is 15.2 Å². The Hall–Kier alpha value is -1.69. The van der Waals surface area contributed by atoms with E-state index < -0.39 is 6.10 Å². The smallest absolute Gasteiger partial charge is 0.248 e. The van der Waals surface area contributed by atoms with Crippen LogP contribution in [0.3, 0.4) is 0 Å². The van der Waals surface area contributed by atoms with Gasteiger partial charge in [0.25, 0.3) is 0 Å². The van der Waals surface area contributed by atoms with Gasteiger partial charge in [0.1, 0.15) is 6.54 Å². The van der Waals surface area contributed by atoms with Gasteiger partial charge in [-0.2, -0.15) is 10.1 Å². The van der Waals surface area contributed by atoms with Crippen LogP contribution < -0.4 is 0 Å². The van der Waals surface area contributed by atoms with Crippen LogP contribution in [0.1, 0.15) is 51.2 Å². The average molecular weight is 250 g/mol. The molecule has 0 saturated carbocycles. The van der Waals surface area contributed by atoms with Crippen LogP contribution in [0, 0.1) is 0 Å². The fourth-order valence-electron chi connectivity index (χ4n) is 1.45. The number of rotatable bonds is 3. The molecule has 0 amide bonds. The van der Waals surface area contributed by atoms with Crippen molar-refractivity contribution in [3.8, 4) is 0 Å². The Morgan fingerprint density at radius 2 is 2.17 bits per heavy atom. The Kier molecular flexibility index (Phi) is 3.21. The normalized spacial score (nSPS) is 13.8. The minimum Gasteiger partial charge on any atom is -0.387 e. The SMILES string of the molecule is CC(O)c1ccn(Cc2nc(C(C)(C)C)no2)n1. The van der Waals surface area contributed by atoms with Gasteiger partial charge in [0.15, 0.2) is 5.82 Å². The van der Waals surface area contributed by atoms with Gasteiger partial charge in [-0.25, -0.2) is 0 Å². The van der Waals surface area contributed by atoms with E-state index in [-0.39, 0.29) is 5.41 Å². The van der Waals surface area contributed by atoms with E-state index in [9.17, 15) is 5.11 Å². The van der Waals surface area contributed by atoms with Gasteiger partial charge in [-0.05, 0) is 13.0 Å². The van der Waals surface area contributed by atoms with Crippen molar-refractivity contribution < 1.29 is 9.63 Å². The molecule has 18 heavy (non-hydrogen) atoms. The molecular formula is C12H18N4O2. The molecule has 0 aliphatic carbocycles. The van der Waals surface area contributed by atoms with Crippen LogP contribution in [0.4, 0.5) is 0 Å². The molecule has 2 aromatic heterocycles. The molecule has 6 heteroatoms. The molecular weight excluding hydrogens is 232 g/mol. The quantitative estimate of drug-likeness (QED) is 0.896. The fraction of sp³-hybridized carbons (Fsp3) is 0.583. The van der Waals surface area contributed by atoms with E-state index >= 15 is 0 Å². The summed E-state index contributed by atoms with van der Waals surface area (Å²) in [7, 11) is 0. The second kappa shape index (κ2) is 4.53. The lowest BCUT2D eigenvalue weighted by molar-refractivity contribution is 0.193. The van der Waals surface area contributed by atoms with Crippen molar-refractivity contribution in [1.29, 1.82) is 0 Å². The maximum Gasteiger partial charge on any atom is 0.248 e. The molecule has 6 nitrogen and oxygen atoms in total. The van der Waals surface area contributed by atoms with E-state index in [0.29, 0.717) is 24.0 Å². The Labute approximate surface area is 106 Å². The molecule has 2 heterocycles. The highest BCUT2D eigenvalue weighted by Gasteiger charge is 2.21. The Morgan fingerprint density at radius 1 is 1.44 bits per heavy atom. The molecule has 0 aliphatic heterocycles. The molecule has 0 spiro atoms. The van der Waals surface area contributed by atoms with Crippen LogP contribution in [0.2, 0.25) is 0 Å². The summed E-state index contributed by atoms with van der Waals surface area (Å²) >= 11 is 0. The lowest BCUT2D eigenvalue weighted by atomic mass is 9.96. The number of aromatic nitrogens is 4. The molecule has 0 fully saturated rings. The van der Waals surface area contributed by atoms with Gasteiger partial charge in [-0.1, -0.05) is 25.9 Å². The Balaban J connectivity index is 2.11. The average Bonchev–Trinajstić information content (AvgIpc) is 2.85. The van der Waals surface area contributed by atoms with Crippen molar-refractivity contribution >= 4 is 0 Å². The van der Waals surface area contributed by atoms with Gasteiger partial charge < -0.3 is 9.63 Å². The molecule has 0 saturated heterocycles. The molecule has 1 unspecified atom stereocenters. The molecule has 1 atom stereocenters. The monoisotopic (exact) mass is 250 g/mol. The van der Waals surface area contributed by atoms with Gasteiger partial charge in [-0.15, -0.1) is 0 Å². The van der Waals surface area contributed by atoms with Crippen LogP contribution in [0.15, 0.2) is 16.8 Å². The standard InChI is InChI=1S/C12H18N4O2/c1-8(17)9-5-6-16(14-9)7-10-13-11(15-18-10)12(2,3)4/h5-6,8,17H,7H2,1-4H3. The highest BCUT2D eigenvalue weighted by molar-refractivity contribution is 5.03. The van der Waals surface area contributed by atoms with E-state index in [1.807, 2.05) is 20.8 Å². The van der Waals surface area contributed by atoms with E-state index in [4.69, 9.17) is 4.52 Å². The molecule has 0 bridgehead atoms. The second-order valence-corrected chi connectivity index (χ2v) is 5.38.